The van der Waals surface area contributed by atoms with Gasteiger partial charge < -0.3 is 14.8 Å². The van der Waals surface area contributed by atoms with Crippen LogP contribution in [0.3, 0.4) is 0 Å². The Hall–Kier alpha value is -2.70. The molecule has 0 bridgehead atoms. The minimum atomic E-state index is -4.76. The molecule has 25 heavy (non-hydrogen) atoms. The molecule has 2 aromatic rings. The number of rotatable bonds is 6. The van der Waals surface area contributed by atoms with E-state index in [9.17, 15) is 18.0 Å². The van der Waals surface area contributed by atoms with Gasteiger partial charge in [0.15, 0.2) is 0 Å². The fourth-order valence-electron chi connectivity index (χ4n) is 2.21. The van der Waals surface area contributed by atoms with Crippen LogP contribution in [-0.2, 0) is 0 Å². The number of carbonyl (C=O) groups excluding carboxylic acids is 1. The Morgan fingerprint density at radius 1 is 1.12 bits per heavy atom. The lowest BCUT2D eigenvalue weighted by Crippen LogP contribution is -2.26. The molecule has 4 nitrogen and oxygen atoms in total. The molecule has 1 atom stereocenters. The standard InChI is InChI=1S/C18H18F3NO3/c1-3-24-16-6-4-5-14(11-16)12(2)22-17(23)13-7-9-15(10-8-13)25-18(19,20)21/h4-12H,3H2,1-2H3,(H,22,23). The number of hydrogen-bond acceptors (Lipinski definition) is 3. The molecule has 2 aromatic carbocycles. The third-order valence-electron chi connectivity index (χ3n) is 3.37. The highest BCUT2D eigenvalue weighted by Crippen LogP contribution is 2.23. The summed E-state index contributed by atoms with van der Waals surface area (Å²) < 4.78 is 45.6. The molecule has 1 unspecified atom stereocenters. The van der Waals surface area contributed by atoms with Crippen LogP contribution < -0.4 is 14.8 Å². The van der Waals surface area contributed by atoms with Crippen LogP contribution in [0.2, 0.25) is 0 Å². The van der Waals surface area contributed by atoms with Gasteiger partial charge >= 0.3 is 6.36 Å². The summed E-state index contributed by atoms with van der Waals surface area (Å²) in [6, 6.07) is 11.8. The van der Waals surface area contributed by atoms with E-state index < -0.39 is 12.3 Å². The van der Waals surface area contributed by atoms with Crippen molar-refractivity contribution in [2.75, 3.05) is 6.61 Å². The Balaban J connectivity index is 2.02. The predicted octanol–water partition coefficient (Wildman–Crippen LogP) is 4.47. The van der Waals surface area contributed by atoms with Crippen molar-refractivity contribution in [3.8, 4) is 11.5 Å². The van der Waals surface area contributed by atoms with Crippen molar-refractivity contribution in [2.45, 2.75) is 26.3 Å². The van der Waals surface area contributed by atoms with Gasteiger partial charge in [0, 0.05) is 5.56 Å². The number of halogens is 3. The van der Waals surface area contributed by atoms with E-state index in [0.717, 1.165) is 17.7 Å². The number of benzene rings is 2. The maximum absolute atomic E-state index is 12.2. The minimum Gasteiger partial charge on any atom is -0.494 e. The van der Waals surface area contributed by atoms with E-state index >= 15 is 0 Å². The van der Waals surface area contributed by atoms with Gasteiger partial charge in [0.05, 0.1) is 12.6 Å². The Morgan fingerprint density at radius 3 is 2.40 bits per heavy atom. The van der Waals surface area contributed by atoms with Crippen LogP contribution in [0.15, 0.2) is 48.5 Å². The van der Waals surface area contributed by atoms with Crippen LogP contribution >= 0.6 is 0 Å². The molecule has 0 aliphatic heterocycles. The molecule has 7 heteroatoms. The van der Waals surface area contributed by atoms with Gasteiger partial charge in [0.25, 0.3) is 5.91 Å². The van der Waals surface area contributed by atoms with Gasteiger partial charge in [-0.05, 0) is 55.8 Å². The highest BCUT2D eigenvalue weighted by atomic mass is 19.4. The quantitative estimate of drug-likeness (QED) is 0.833. The summed E-state index contributed by atoms with van der Waals surface area (Å²) >= 11 is 0. The zero-order chi connectivity index (χ0) is 18.4. The number of nitrogens with one attached hydrogen (secondary N) is 1. The molecule has 0 saturated heterocycles. The average Bonchev–Trinajstić information content (AvgIpc) is 2.54. The van der Waals surface area contributed by atoms with E-state index in [1.165, 1.54) is 12.1 Å². The Kier molecular flexibility index (Phi) is 5.90. The van der Waals surface area contributed by atoms with Gasteiger partial charge in [-0.1, -0.05) is 12.1 Å². The second-order valence-electron chi connectivity index (χ2n) is 5.27. The summed E-state index contributed by atoms with van der Waals surface area (Å²) in [5.74, 6) is -0.0656. The number of carbonyl (C=O) groups is 1. The normalized spacial score (nSPS) is 12.4. The predicted molar refractivity (Wildman–Crippen MR) is 86.6 cm³/mol. The van der Waals surface area contributed by atoms with Crippen LogP contribution in [0.1, 0.15) is 35.8 Å². The fourth-order valence-corrected chi connectivity index (χ4v) is 2.21. The van der Waals surface area contributed by atoms with Gasteiger partial charge in [-0.15, -0.1) is 13.2 Å². The monoisotopic (exact) mass is 353 g/mol. The molecule has 0 heterocycles. The molecule has 0 radical (unpaired) electrons. The number of amides is 1. The summed E-state index contributed by atoms with van der Waals surface area (Å²) in [6.45, 7) is 4.23. The molecule has 0 aromatic heterocycles. The van der Waals surface area contributed by atoms with Crippen LogP contribution in [-0.4, -0.2) is 18.9 Å². The van der Waals surface area contributed by atoms with E-state index in [0.29, 0.717) is 12.4 Å². The number of hydrogen-bond donors (Lipinski definition) is 1. The van der Waals surface area contributed by atoms with Crippen molar-refractivity contribution in [1.29, 1.82) is 0 Å². The highest BCUT2D eigenvalue weighted by Gasteiger charge is 2.31. The zero-order valence-electron chi connectivity index (χ0n) is 13.8. The molecule has 0 aliphatic carbocycles. The van der Waals surface area contributed by atoms with Gasteiger partial charge in [-0.2, -0.15) is 0 Å². The number of alkyl halides is 3. The molecular weight excluding hydrogens is 335 g/mol. The lowest BCUT2D eigenvalue weighted by molar-refractivity contribution is -0.274. The second kappa shape index (κ2) is 7.92. The molecule has 1 amide bonds. The first-order valence-corrected chi connectivity index (χ1v) is 7.68. The van der Waals surface area contributed by atoms with E-state index in [-0.39, 0.29) is 17.4 Å². The molecule has 0 saturated carbocycles. The average molecular weight is 353 g/mol. The van der Waals surface area contributed by atoms with Crippen molar-refractivity contribution in [3.63, 3.8) is 0 Å². The summed E-state index contributed by atoms with van der Waals surface area (Å²) in [5.41, 5.74) is 1.10. The van der Waals surface area contributed by atoms with Crippen LogP contribution in [0.5, 0.6) is 11.5 Å². The smallest absolute Gasteiger partial charge is 0.494 e. The Bertz CT molecular complexity index is 714. The largest absolute Gasteiger partial charge is 0.573 e. The minimum absolute atomic E-state index is 0.238. The first-order valence-electron chi connectivity index (χ1n) is 7.68. The molecule has 0 aliphatic rings. The van der Waals surface area contributed by atoms with Crippen molar-refractivity contribution in [2.24, 2.45) is 0 Å². The van der Waals surface area contributed by atoms with E-state index in [1.807, 2.05) is 38.1 Å². The highest BCUT2D eigenvalue weighted by molar-refractivity contribution is 5.94. The lowest BCUT2D eigenvalue weighted by atomic mass is 10.1. The van der Waals surface area contributed by atoms with Crippen molar-refractivity contribution < 1.29 is 27.4 Å². The van der Waals surface area contributed by atoms with Crippen LogP contribution in [0.25, 0.3) is 0 Å². The van der Waals surface area contributed by atoms with E-state index in [1.54, 1.807) is 0 Å². The van der Waals surface area contributed by atoms with Crippen LogP contribution in [0.4, 0.5) is 13.2 Å². The van der Waals surface area contributed by atoms with Gasteiger partial charge in [0.1, 0.15) is 11.5 Å². The molecule has 0 fully saturated rings. The van der Waals surface area contributed by atoms with Crippen LogP contribution in [0, 0.1) is 0 Å². The Labute approximate surface area is 143 Å². The maximum atomic E-state index is 12.2. The second-order valence-corrected chi connectivity index (χ2v) is 5.27. The third kappa shape index (κ3) is 5.70. The van der Waals surface area contributed by atoms with Crippen molar-refractivity contribution in [1.82, 2.24) is 5.32 Å². The van der Waals surface area contributed by atoms with Gasteiger partial charge in [-0.3, -0.25) is 4.79 Å². The zero-order valence-corrected chi connectivity index (χ0v) is 13.8. The molecular formula is C18H18F3NO3. The number of ether oxygens (including phenoxy) is 2. The van der Waals surface area contributed by atoms with Gasteiger partial charge in [0.2, 0.25) is 0 Å². The summed E-state index contributed by atoms with van der Waals surface area (Å²) in [7, 11) is 0. The first kappa shape index (κ1) is 18.6. The molecule has 134 valence electrons. The van der Waals surface area contributed by atoms with Crippen molar-refractivity contribution >= 4 is 5.91 Å². The third-order valence-corrected chi connectivity index (χ3v) is 3.37. The van der Waals surface area contributed by atoms with Crippen molar-refractivity contribution in [3.05, 3.63) is 59.7 Å². The maximum Gasteiger partial charge on any atom is 0.573 e. The van der Waals surface area contributed by atoms with E-state index in [4.69, 9.17) is 4.74 Å². The molecule has 2 rings (SSSR count). The van der Waals surface area contributed by atoms with E-state index in [2.05, 4.69) is 10.1 Å². The Morgan fingerprint density at radius 2 is 1.80 bits per heavy atom. The van der Waals surface area contributed by atoms with Gasteiger partial charge in [-0.25, -0.2) is 0 Å². The molecule has 1 N–H and O–H groups in total. The first-order chi connectivity index (χ1) is 11.8. The lowest BCUT2D eigenvalue weighted by Gasteiger charge is -2.16. The summed E-state index contributed by atoms with van der Waals surface area (Å²) in [5, 5.41) is 2.79. The topological polar surface area (TPSA) is 47.6 Å². The fraction of sp³-hybridized carbons (Fsp3) is 0.278. The summed E-state index contributed by atoms with van der Waals surface area (Å²) in [4.78, 5) is 12.2. The summed E-state index contributed by atoms with van der Waals surface area (Å²) in [6.07, 6.45) is -4.76. The SMILES string of the molecule is CCOc1cccc(C(C)NC(=O)c2ccc(OC(F)(F)F)cc2)c1. The molecule has 0 spiro atoms.